The van der Waals surface area contributed by atoms with Gasteiger partial charge in [0.1, 0.15) is 5.82 Å². The highest BCUT2D eigenvalue weighted by atomic mass is 32.2. The first-order valence-corrected chi connectivity index (χ1v) is 8.76. The highest BCUT2D eigenvalue weighted by molar-refractivity contribution is 7.99. The molecule has 5 nitrogen and oxygen atoms in total. The van der Waals surface area contributed by atoms with Crippen molar-refractivity contribution in [1.82, 2.24) is 20.5 Å². The molecular formula is C18H17FN4OS. The van der Waals surface area contributed by atoms with Crippen LogP contribution in [0.1, 0.15) is 18.5 Å². The highest BCUT2D eigenvalue weighted by Gasteiger charge is 2.12. The number of aromatic amines is 1. The van der Waals surface area contributed by atoms with Crippen molar-refractivity contribution >= 4 is 17.7 Å². The van der Waals surface area contributed by atoms with E-state index in [1.54, 1.807) is 12.1 Å². The third kappa shape index (κ3) is 4.67. The molecule has 0 aliphatic rings. The number of halogens is 1. The molecule has 25 heavy (non-hydrogen) atoms. The summed E-state index contributed by atoms with van der Waals surface area (Å²) in [4.78, 5) is 16.4. The van der Waals surface area contributed by atoms with Crippen molar-refractivity contribution in [2.24, 2.45) is 0 Å². The molecule has 1 atom stereocenters. The van der Waals surface area contributed by atoms with Gasteiger partial charge >= 0.3 is 0 Å². The summed E-state index contributed by atoms with van der Waals surface area (Å²) in [6, 6.07) is 15.5. The molecule has 7 heteroatoms. The number of nitrogens with one attached hydrogen (secondary N) is 2. The Hall–Kier alpha value is -2.67. The van der Waals surface area contributed by atoms with E-state index in [0.717, 1.165) is 11.1 Å². The average molecular weight is 356 g/mol. The zero-order valence-electron chi connectivity index (χ0n) is 13.6. The smallest absolute Gasteiger partial charge is 0.230 e. The molecule has 1 unspecified atom stereocenters. The predicted octanol–water partition coefficient (Wildman–Crippen LogP) is 3.58. The molecule has 2 aromatic carbocycles. The standard InChI is InChI=1S/C18H17FN4OS/c1-12(13-7-9-15(19)10-8-13)20-16(24)11-25-18-21-17(22-23-18)14-5-3-2-4-6-14/h2-10,12H,11H2,1H3,(H,20,24)(H,21,22,23). The van der Waals surface area contributed by atoms with Gasteiger partial charge in [-0.2, -0.15) is 0 Å². The Bertz CT molecular complexity index is 836. The number of rotatable bonds is 6. The zero-order chi connectivity index (χ0) is 17.6. The van der Waals surface area contributed by atoms with Gasteiger partial charge in [0.15, 0.2) is 5.82 Å². The van der Waals surface area contributed by atoms with E-state index < -0.39 is 0 Å². The van der Waals surface area contributed by atoms with Crippen molar-refractivity contribution in [3.05, 3.63) is 66.0 Å². The second-order valence-corrected chi connectivity index (χ2v) is 6.40. The van der Waals surface area contributed by atoms with Crippen LogP contribution >= 0.6 is 11.8 Å². The van der Waals surface area contributed by atoms with Crippen molar-refractivity contribution < 1.29 is 9.18 Å². The van der Waals surface area contributed by atoms with Crippen LogP contribution in [0, 0.1) is 5.82 Å². The number of thioether (sulfide) groups is 1. The van der Waals surface area contributed by atoms with Crippen LogP contribution in [0.25, 0.3) is 11.4 Å². The lowest BCUT2D eigenvalue weighted by Crippen LogP contribution is -2.28. The summed E-state index contributed by atoms with van der Waals surface area (Å²) in [5.41, 5.74) is 1.79. The number of H-pyrrole nitrogens is 1. The van der Waals surface area contributed by atoms with Gasteiger partial charge in [-0.05, 0) is 24.6 Å². The minimum absolute atomic E-state index is 0.132. The van der Waals surface area contributed by atoms with Gasteiger partial charge in [-0.15, -0.1) is 5.10 Å². The van der Waals surface area contributed by atoms with Crippen LogP contribution < -0.4 is 5.32 Å². The number of hydrogen-bond donors (Lipinski definition) is 2. The van der Waals surface area contributed by atoms with E-state index in [1.165, 1.54) is 23.9 Å². The van der Waals surface area contributed by atoms with E-state index in [4.69, 9.17) is 0 Å². The molecule has 1 heterocycles. The van der Waals surface area contributed by atoms with Crippen LogP contribution in [0.15, 0.2) is 59.8 Å². The summed E-state index contributed by atoms with van der Waals surface area (Å²) in [5.74, 6) is 0.449. The molecule has 0 aliphatic heterocycles. The van der Waals surface area contributed by atoms with Gasteiger partial charge in [-0.1, -0.05) is 54.2 Å². The first kappa shape index (κ1) is 17.2. The Morgan fingerprint density at radius 2 is 1.92 bits per heavy atom. The molecule has 3 aromatic rings. The minimum Gasteiger partial charge on any atom is -0.349 e. The number of amides is 1. The molecule has 0 spiro atoms. The van der Waals surface area contributed by atoms with Crippen LogP contribution in [-0.2, 0) is 4.79 Å². The zero-order valence-corrected chi connectivity index (χ0v) is 14.4. The molecule has 3 rings (SSSR count). The maximum atomic E-state index is 12.9. The van der Waals surface area contributed by atoms with E-state index in [-0.39, 0.29) is 23.5 Å². The lowest BCUT2D eigenvalue weighted by atomic mass is 10.1. The molecule has 2 N–H and O–H groups in total. The molecule has 0 saturated heterocycles. The fourth-order valence-corrected chi connectivity index (χ4v) is 2.89. The second-order valence-electron chi connectivity index (χ2n) is 5.46. The predicted molar refractivity (Wildman–Crippen MR) is 95.5 cm³/mol. The van der Waals surface area contributed by atoms with Crippen molar-refractivity contribution in [2.45, 2.75) is 18.1 Å². The first-order valence-electron chi connectivity index (χ1n) is 7.77. The monoisotopic (exact) mass is 356 g/mol. The van der Waals surface area contributed by atoms with Crippen LogP contribution in [-0.4, -0.2) is 26.8 Å². The van der Waals surface area contributed by atoms with E-state index in [0.29, 0.717) is 11.0 Å². The normalized spacial score (nSPS) is 11.9. The lowest BCUT2D eigenvalue weighted by molar-refractivity contribution is -0.119. The van der Waals surface area contributed by atoms with Crippen molar-refractivity contribution in [3.8, 4) is 11.4 Å². The summed E-state index contributed by atoms with van der Waals surface area (Å²) in [5, 5.41) is 10.4. The van der Waals surface area contributed by atoms with Crippen molar-refractivity contribution in [1.29, 1.82) is 0 Å². The number of aromatic nitrogens is 3. The summed E-state index contributed by atoms with van der Waals surface area (Å²) in [7, 11) is 0. The van der Waals surface area contributed by atoms with E-state index in [9.17, 15) is 9.18 Å². The van der Waals surface area contributed by atoms with E-state index in [1.807, 2.05) is 37.3 Å². The Balaban J connectivity index is 1.52. The third-order valence-electron chi connectivity index (χ3n) is 3.59. The number of carbonyl (C=O) groups excluding carboxylic acids is 1. The largest absolute Gasteiger partial charge is 0.349 e. The van der Waals surface area contributed by atoms with Gasteiger partial charge in [0.25, 0.3) is 0 Å². The van der Waals surface area contributed by atoms with Gasteiger partial charge in [-0.3, -0.25) is 9.89 Å². The van der Waals surface area contributed by atoms with Gasteiger partial charge in [-0.25, -0.2) is 9.37 Å². The molecular weight excluding hydrogens is 339 g/mol. The Kier molecular flexibility index (Phi) is 5.45. The number of carbonyl (C=O) groups is 1. The summed E-state index contributed by atoms with van der Waals surface area (Å²) in [6.07, 6.45) is 0. The Labute approximate surface area is 149 Å². The summed E-state index contributed by atoms with van der Waals surface area (Å²) in [6.45, 7) is 1.86. The lowest BCUT2D eigenvalue weighted by Gasteiger charge is -2.13. The van der Waals surface area contributed by atoms with Crippen molar-refractivity contribution in [3.63, 3.8) is 0 Å². The van der Waals surface area contributed by atoms with Crippen LogP contribution in [0.2, 0.25) is 0 Å². The Morgan fingerprint density at radius 3 is 2.64 bits per heavy atom. The van der Waals surface area contributed by atoms with Gasteiger partial charge in [0.2, 0.25) is 11.1 Å². The van der Waals surface area contributed by atoms with Crippen LogP contribution in [0.3, 0.4) is 0 Å². The molecule has 0 saturated carbocycles. The number of benzene rings is 2. The van der Waals surface area contributed by atoms with Crippen LogP contribution in [0.5, 0.6) is 0 Å². The average Bonchev–Trinajstić information content (AvgIpc) is 3.10. The van der Waals surface area contributed by atoms with Crippen molar-refractivity contribution in [2.75, 3.05) is 5.75 Å². The summed E-state index contributed by atoms with van der Waals surface area (Å²) < 4.78 is 12.9. The quantitative estimate of drug-likeness (QED) is 0.662. The second kappa shape index (κ2) is 7.94. The molecule has 0 aliphatic carbocycles. The minimum atomic E-state index is -0.295. The summed E-state index contributed by atoms with van der Waals surface area (Å²) >= 11 is 1.26. The SMILES string of the molecule is CC(NC(=O)CSc1n[nH]c(-c2ccccc2)n1)c1ccc(F)cc1. The molecule has 0 fully saturated rings. The maximum Gasteiger partial charge on any atom is 0.230 e. The van der Waals surface area contributed by atoms with E-state index in [2.05, 4.69) is 20.5 Å². The molecule has 128 valence electrons. The van der Waals surface area contributed by atoms with Crippen LogP contribution in [0.4, 0.5) is 4.39 Å². The van der Waals surface area contributed by atoms with Gasteiger partial charge in [0, 0.05) is 5.56 Å². The Morgan fingerprint density at radius 1 is 1.20 bits per heavy atom. The van der Waals surface area contributed by atoms with Gasteiger partial charge in [0.05, 0.1) is 11.8 Å². The molecule has 0 radical (unpaired) electrons. The molecule has 1 amide bonds. The third-order valence-corrected chi connectivity index (χ3v) is 4.44. The molecule has 1 aromatic heterocycles. The molecule has 0 bridgehead atoms. The topological polar surface area (TPSA) is 70.7 Å². The fourth-order valence-electron chi connectivity index (χ4n) is 2.28. The first-order chi connectivity index (χ1) is 12.1. The fraction of sp³-hybridized carbons (Fsp3) is 0.167. The van der Waals surface area contributed by atoms with E-state index >= 15 is 0 Å². The maximum absolute atomic E-state index is 12.9. The number of nitrogens with zero attached hydrogens (tertiary/aromatic N) is 2. The van der Waals surface area contributed by atoms with Gasteiger partial charge < -0.3 is 5.32 Å². The number of hydrogen-bond acceptors (Lipinski definition) is 4. The highest BCUT2D eigenvalue weighted by Crippen LogP contribution is 2.19.